The smallest absolute Gasteiger partial charge is 0.323 e. The van der Waals surface area contributed by atoms with Crippen molar-refractivity contribution < 1.29 is 9.90 Å². The summed E-state index contributed by atoms with van der Waals surface area (Å²) >= 11 is 0. The first kappa shape index (κ1) is 17.7. The molecule has 0 aromatic carbocycles. The largest absolute Gasteiger partial charge is 0.480 e. The summed E-state index contributed by atoms with van der Waals surface area (Å²) in [5.74, 6) is -0.554. The molecule has 0 bridgehead atoms. The van der Waals surface area contributed by atoms with Crippen molar-refractivity contribution >= 4 is 11.9 Å². The minimum Gasteiger partial charge on any atom is -0.480 e. The highest BCUT2D eigenvalue weighted by Crippen LogP contribution is 2.19. The van der Waals surface area contributed by atoms with Gasteiger partial charge in [0.15, 0.2) is 5.96 Å². The van der Waals surface area contributed by atoms with Gasteiger partial charge in [0.05, 0.1) is 0 Å². The second-order valence-electron chi connectivity index (χ2n) is 4.91. The van der Waals surface area contributed by atoms with Gasteiger partial charge in [0.25, 0.3) is 0 Å². The summed E-state index contributed by atoms with van der Waals surface area (Å²) in [6, 6.07) is 0. The maximum absolute atomic E-state index is 11.3. The Balaban J connectivity index is 4.05. The van der Waals surface area contributed by atoms with Gasteiger partial charge in [0.1, 0.15) is 5.54 Å². The van der Waals surface area contributed by atoms with Gasteiger partial charge in [-0.25, -0.2) is 0 Å². The van der Waals surface area contributed by atoms with E-state index in [0.29, 0.717) is 31.8 Å². The third kappa shape index (κ3) is 7.66. The first-order valence-corrected chi connectivity index (χ1v) is 6.94. The van der Waals surface area contributed by atoms with Gasteiger partial charge >= 0.3 is 5.97 Å². The highest BCUT2D eigenvalue weighted by molar-refractivity contribution is 5.78. The molecule has 0 unspecified atom stereocenters. The van der Waals surface area contributed by atoms with E-state index < -0.39 is 11.5 Å². The molecule has 112 valence electrons. The molecule has 0 heterocycles. The van der Waals surface area contributed by atoms with E-state index in [0.717, 1.165) is 25.7 Å². The molecule has 0 spiro atoms. The molecule has 0 aliphatic heterocycles. The lowest BCUT2D eigenvalue weighted by atomic mass is 9.88. The van der Waals surface area contributed by atoms with E-state index in [2.05, 4.69) is 17.2 Å². The molecule has 0 aromatic heterocycles. The van der Waals surface area contributed by atoms with Gasteiger partial charge in [-0.2, -0.15) is 0 Å². The number of hydrogen-bond donors (Lipinski definition) is 4. The summed E-state index contributed by atoms with van der Waals surface area (Å²) in [5, 5.41) is 12.1. The minimum absolute atomic E-state index is 0.362. The van der Waals surface area contributed by atoms with Gasteiger partial charge < -0.3 is 21.9 Å². The lowest BCUT2D eigenvalue weighted by molar-refractivity contribution is -0.144. The van der Waals surface area contributed by atoms with Crippen molar-refractivity contribution in [2.75, 3.05) is 13.6 Å². The maximum atomic E-state index is 11.3. The number of aliphatic carboxylic acids is 1. The SMILES string of the molecule is CCCCCC[C@](N)(CCCNC(N)=NC)C(=O)O. The molecular weight excluding hydrogens is 244 g/mol. The van der Waals surface area contributed by atoms with Crippen LogP contribution in [0.2, 0.25) is 0 Å². The Morgan fingerprint density at radius 3 is 2.42 bits per heavy atom. The molecule has 0 amide bonds. The molecule has 6 nitrogen and oxygen atoms in total. The molecule has 0 saturated carbocycles. The first-order valence-electron chi connectivity index (χ1n) is 6.94. The lowest BCUT2D eigenvalue weighted by Crippen LogP contribution is -2.48. The fourth-order valence-corrected chi connectivity index (χ4v) is 1.91. The Hall–Kier alpha value is -1.30. The van der Waals surface area contributed by atoms with Gasteiger partial charge in [-0.15, -0.1) is 0 Å². The minimum atomic E-state index is -1.12. The molecule has 19 heavy (non-hydrogen) atoms. The summed E-state index contributed by atoms with van der Waals surface area (Å²) in [6.07, 6.45) is 5.79. The standard InChI is InChI=1S/C13H28N4O2/c1-3-4-5-6-8-13(15,11(18)19)9-7-10-17-12(14)16-2/h3-10,15H2,1-2H3,(H,18,19)(H3,14,16,17)/t13-/m0/s1. The number of nitrogens with two attached hydrogens (primary N) is 2. The summed E-state index contributed by atoms with van der Waals surface area (Å²) < 4.78 is 0. The number of carboxylic acids is 1. The molecule has 0 aromatic rings. The fourth-order valence-electron chi connectivity index (χ4n) is 1.91. The van der Waals surface area contributed by atoms with Crippen LogP contribution in [0.4, 0.5) is 0 Å². The molecule has 0 rings (SSSR count). The van der Waals surface area contributed by atoms with Crippen molar-refractivity contribution in [3.8, 4) is 0 Å². The van der Waals surface area contributed by atoms with E-state index in [1.165, 1.54) is 0 Å². The van der Waals surface area contributed by atoms with Crippen LogP contribution in [0, 0.1) is 0 Å². The Morgan fingerprint density at radius 1 is 1.26 bits per heavy atom. The van der Waals surface area contributed by atoms with Crippen LogP contribution in [-0.2, 0) is 4.79 Å². The van der Waals surface area contributed by atoms with Crippen LogP contribution < -0.4 is 16.8 Å². The van der Waals surface area contributed by atoms with Crippen molar-refractivity contribution in [2.24, 2.45) is 16.5 Å². The monoisotopic (exact) mass is 272 g/mol. The van der Waals surface area contributed by atoms with Gasteiger partial charge in [-0.3, -0.25) is 9.79 Å². The van der Waals surface area contributed by atoms with Crippen LogP contribution in [0.25, 0.3) is 0 Å². The fraction of sp³-hybridized carbons (Fsp3) is 0.846. The number of unbranched alkanes of at least 4 members (excludes halogenated alkanes) is 3. The second kappa shape index (κ2) is 9.61. The van der Waals surface area contributed by atoms with Crippen LogP contribution in [0.3, 0.4) is 0 Å². The van der Waals surface area contributed by atoms with Gasteiger partial charge in [0, 0.05) is 13.6 Å². The quantitative estimate of drug-likeness (QED) is 0.270. The predicted octanol–water partition coefficient (Wildman–Crippen LogP) is 1.05. The predicted molar refractivity (Wildman–Crippen MR) is 78.1 cm³/mol. The molecule has 0 aliphatic rings. The van der Waals surface area contributed by atoms with Crippen molar-refractivity contribution in [1.29, 1.82) is 0 Å². The van der Waals surface area contributed by atoms with Gasteiger partial charge in [-0.05, 0) is 19.3 Å². The number of nitrogens with zero attached hydrogens (tertiary/aromatic N) is 1. The normalized spacial score (nSPS) is 15.0. The zero-order valence-corrected chi connectivity index (χ0v) is 12.1. The summed E-state index contributed by atoms with van der Waals surface area (Å²) in [4.78, 5) is 15.0. The first-order chi connectivity index (χ1) is 8.96. The zero-order chi connectivity index (χ0) is 14.7. The van der Waals surface area contributed by atoms with E-state index >= 15 is 0 Å². The average Bonchev–Trinajstić information content (AvgIpc) is 2.39. The summed E-state index contributed by atoms with van der Waals surface area (Å²) in [5.41, 5.74) is 10.4. The van der Waals surface area contributed by atoms with Gasteiger partial charge in [0.2, 0.25) is 0 Å². The van der Waals surface area contributed by atoms with Crippen molar-refractivity contribution in [3.63, 3.8) is 0 Å². The van der Waals surface area contributed by atoms with Crippen LogP contribution in [-0.4, -0.2) is 36.2 Å². The number of carbonyl (C=O) groups is 1. The van der Waals surface area contributed by atoms with Crippen LogP contribution in [0.5, 0.6) is 0 Å². The Morgan fingerprint density at radius 2 is 1.89 bits per heavy atom. The number of rotatable bonds is 10. The van der Waals surface area contributed by atoms with Crippen LogP contribution >= 0.6 is 0 Å². The number of hydrogen-bond acceptors (Lipinski definition) is 3. The third-order valence-corrected chi connectivity index (χ3v) is 3.25. The Kier molecular flexibility index (Phi) is 8.95. The molecule has 0 fully saturated rings. The molecular formula is C13H28N4O2. The van der Waals surface area contributed by atoms with E-state index in [-0.39, 0.29) is 0 Å². The van der Waals surface area contributed by atoms with Crippen LogP contribution in [0.15, 0.2) is 4.99 Å². The molecule has 0 radical (unpaired) electrons. The molecule has 6 N–H and O–H groups in total. The lowest BCUT2D eigenvalue weighted by Gasteiger charge is -2.24. The van der Waals surface area contributed by atoms with E-state index in [1.54, 1.807) is 7.05 Å². The Labute approximate surface area is 115 Å². The number of guanidine groups is 1. The topological polar surface area (TPSA) is 114 Å². The van der Waals surface area contributed by atoms with Crippen LogP contribution in [0.1, 0.15) is 51.9 Å². The second-order valence-corrected chi connectivity index (χ2v) is 4.91. The highest BCUT2D eigenvalue weighted by atomic mass is 16.4. The van der Waals surface area contributed by atoms with E-state index in [9.17, 15) is 9.90 Å². The number of nitrogens with one attached hydrogen (secondary N) is 1. The molecule has 0 aliphatic carbocycles. The van der Waals surface area contributed by atoms with Gasteiger partial charge in [-0.1, -0.05) is 32.6 Å². The Bertz CT molecular complexity index is 294. The number of carboxylic acid groups (broad SMARTS) is 1. The summed E-state index contributed by atoms with van der Waals surface area (Å²) in [7, 11) is 1.60. The van der Waals surface area contributed by atoms with E-state index in [4.69, 9.17) is 11.5 Å². The molecule has 0 saturated heterocycles. The van der Waals surface area contributed by atoms with Crippen molar-refractivity contribution in [2.45, 2.75) is 57.4 Å². The van der Waals surface area contributed by atoms with Crippen molar-refractivity contribution in [3.05, 3.63) is 0 Å². The number of aliphatic imine (C=N–C) groups is 1. The van der Waals surface area contributed by atoms with Crippen molar-refractivity contribution in [1.82, 2.24) is 5.32 Å². The maximum Gasteiger partial charge on any atom is 0.323 e. The van der Waals surface area contributed by atoms with E-state index in [1.807, 2.05) is 0 Å². The average molecular weight is 272 g/mol. The molecule has 6 heteroatoms. The third-order valence-electron chi connectivity index (χ3n) is 3.25. The summed E-state index contributed by atoms with van der Waals surface area (Å²) in [6.45, 7) is 2.71. The zero-order valence-electron chi connectivity index (χ0n) is 12.1. The highest BCUT2D eigenvalue weighted by Gasteiger charge is 2.32. The molecule has 1 atom stereocenters.